The van der Waals surface area contributed by atoms with E-state index in [0.717, 1.165) is 17.7 Å². The van der Waals surface area contributed by atoms with Crippen molar-refractivity contribution in [2.75, 3.05) is 18.4 Å². The number of hydrogen-bond donors (Lipinski definition) is 3. The van der Waals surface area contributed by atoms with Gasteiger partial charge in [-0.2, -0.15) is 5.10 Å². The van der Waals surface area contributed by atoms with Crippen LogP contribution in [0.25, 0.3) is 0 Å². The highest BCUT2D eigenvalue weighted by Gasteiger charge is 2.34. The summed E-state index contributed by atoms with van der Waals surface area (Å²) in [6, 6.07) is 5.49. The molecule has 2 atom stereocenters. The molecular formula is C20H27N5O2. The Bertz CT molecular complexity index is 843. The van der Waals surface area contributed by atoms with Crippen LogP contribution in [0.5, 0.6) is 0 Å². The standard InChI is InChI=1S/C20H27N5O2/c1-12(2)23-19(26)16-7-15(6-5-13(16)3)24-20(27)18-10-21-9-17(18)14-8-22-25(4)11-14/h5-8,11-12,17-18,21H,9-10H2,1-4H3,(H,23,26)(H,24,27)/t17-,18+/m1/s1. The highest BCUT2D eigenvalue weighted by atomic mass is 16.2. The minimum Gasteiger partial charge on any atom is -0.350 e. The predicted molar refractivity (Wildman–Crippen MR) is 105 cm³/mol. The molecule has 0 saturated carbocycles. The van der Waals surface area contributed by atoms with E-state index in [1.807, 2.05) is 52.3 Å². The molecule has 0 unspecified atom stereocenters. The summed E-state index contributed by atoms with van der Waals surface area (Å²) in [4.78, 5) is 25.2. The molecule has 2 aromatic rings. The first-order valence-electron chi connectivity index (χ1n) is 9.26. The van der Waals surface area contributed by atoms with Crippen molar-refractivity contribution in [2.24, 2.45) is 13.0 Å². The summed E-state index contributed by atoms with van der Waals surface area (Å²) >= 11 is 0. The minimum atomic E-state index is -0.177. The van der Waals surface area contributed by atoms with Gasteiger partial charge in [-0.3, -0.25) is 14.3 Å². The molecule has 1 saturated heterocycles. The van der Waals surface area contributed by atoms with E-state index in [9.17, 15) is 9.59 Å². The van der Waals surface area contributed by atoms with Crippen LogP contribution >= 0.6 is 0 Å². The van der Waals surface area contributed by atoms with Crippen molar-refractivity contribution in [3.8, 4) is 0 Å². The maximum Gasteiger partial charge on any atom is 0.251 e. The first kappa shape index (κ1) is 19.1. The number of aromatic nitrogens is 2. The van der Waals surface area contributed by atoms with Gasteiger partial charge < -0.3 is 16.0 Å². The second-order valence-corrected chi connectivity index (χ2v) is 7.47. The quantitative estimate of drug-likeness (QED) is 0.750. The van der Waals surface area contributed by atoms with Gasteiger partial charge in [-0.05, 0) is 44.0 Å². The van der Waals surface area contributed by atoms with Gasteiger partial charge in [-0.15, -0.1) is 0 Å². The van der Waals surface area contributed by atoms with Gasteiger partial charge in [-0.25, -0.2) is 0 Å². The van der Waals surface area contributed by atoms with Crippen LogP contribution in [0.2, 0.25) is 0 Å². The molecule has 3 rings (SSSR count). The number of carbonyl (C=O) groups excluding carboxylic acids is 2. The maximum atomic E-state index is 12.9. The van der Waals surface area contributed by atoms with E-state index in [1.165, 1.54) is 0 Å². The molecule has 0 radical (unpaired) electrons. The molecular weight excluding hydrogens is 342 g/mol. The van der Waals surface area contributed by atoms with Gasteiger partial charge >= 0.3 is 0 Å². The number of hydrogen-bond acceptors (Lipinski definition) is 4. The predicted octanol–water partition coefficient (Wildman–Crippen LogP) is 1.81. The zero-order valence-corrected chi connectivity index (χ0v) is 16.2. The summed E-state index contributed by atoms with van der Waals surface area (Å²) in [7, 11) is 1.87. The van der Waals surface area contributed by atoms with Crippen molar-refractivity contribution < 1.29 is 9.59 Å². The zero-order valence-electron chi connectivity index (χ0n) is 16.2. The average molecular weight is 369 g/mol. The Hall–Kier alpha value is -2.67. The fraction of sp³-hybridized carbons (Fsp3) is 0.450. The highest BCUT2D eigenvalue weighted by Crippen LogP contribution is 2.29. The van der Waals surface area contributed by atoms with E-state index in [0.29, 0.717) is 17.8 Å². The zero-order chi connectivity index (χ0) is 19.6. The molecule has 1 aliphatic rings. The Morgan fingerprint density at radius 2 is 2.07 bits per heavy atom. The van der Waals surface area contributed by atoms with E-state index < -0.39 is 0 Å². The molecule has 1 aromatic carbocycles. The molecule has 1 aromatic heterocycles. The third kappa shape index (κ3) is 4.36. The average Bonchev–Trinajstić information content (AvgIpc) is 3.24. The van der Waals surface area contributed by atoms with E-state index in [4.69, 9.17) is 0 Å². The summed E-state index contributed by atoms with van der Waals surface area (Å²) in [5.41, 5.74) is 3.15. The van der Waals surface area contributed by atoms with E-state index >= 15 is 0 Å². The number of anilines is 1. The SMILES string of the molecule is Cc1ccc(NC(=O)[C@H]2CNC[C@@H]2c2cnn(C)c2)cc1C(=O)NC(C)C. The molecule has 1 aliphatic heterocycles. The van der Waals surface area contributed by atoms with Crippen LogP contribution in [0.15, 0.2) is 30.6 Å². The summed E-state index contributed by atoms with van der Waals surface area (Å²) < 4.78 is 1.75. The summed E-state index contributed by atoms with van der Waals surface area (Å²) in [5.74, 6) is -0.265. The molecule has 0 bridgehead atoms. The lowest BCUT2D eigenvalue weighted by Gasteiger charge is -2.18. The fourth-order valence-electron chi connectivity index (χ4n) is 3.46. The third-order valence-corrected chi connectivity index (χ3v) is 4.87. The Balaban J connectivity index is 1.74. The van der Waals surface area contributed by atoms with Gasteiger partial charge in [0, 0.05) is 49.5 Å². The molecule has 2 amide bonds. The first-order valence-corrected chi connectivity index (χ1v) is 9.26. The largest absolute Gasteiger partial charge is 0.350 e. The topological polar surface area (TPSA) is 88.1 Å². The van der Waals surface area contributed by atoms with Crippen molar-refractivity contribution in [3.63, 3.8) is 0 Å². The molecule has 1 fully saturated rings. The summed E-state index contributed by atoms with van der Waals surface area (Å²) in [6.45, 7) is 7.10. The van der Waals surface area contributed by atoms with Crippen molar-refractivity contribution in [1.82, 2.24) is 20.4 Å². The Morgan fingerprint density at radius 1 is 1.30 bits per heavy atom. The first-order chi connectivity index (χ1) is 12.8. The van der Waals surface area contributed by atoms with Crippen molar-refractivity contribution in [2.45, 2.75) is 32.7 Å². The smallest absolute Gasteiger partial charge is 0.251 e. The van der Waals surface area contributed by atoms with Gasteiger partial charge in [0.05, 0.1) is 12.1 Å². The van der Waals surface area contributed by atoms with Crippen LogP contribution < -0.4 is 16.0 Å². The number of aryl methyl sites for hydroxylation is 2. The van der Waals surface area contributed by atoms with E-state index in [-0.39, 0.29) is 29.7 Å². The monoisotopic (exact) mass is 369 g/mol. The molecule has 0 spiro atoms. The molecule has 7 heteroatoms. The van der Waals surface area contributed by atoms with Crippen molar-refractivity contribution in [3.05, 3.63) is 47.3 Å². The molecule has 27 heavy (non-hydrogen) atoms. The van der Waals surface area contributed by atoms with Gasteiger partial charge in [0.15, 0.2) is 0 Å². The van der Waals surface area contributed by atoms with Crippen molar-refractivity contribution in [1.29, 1.82) is 0 Å². The molecule has 7 nitrogen and oxygen atoms in total. The summed E-state index contributed by atoms with van der Waals surface area (Å²) in [6.07, 6.45) is 3.77. The second-order valence-electron chi connectivity index (χ2n) is 7.47. The molecule has 0 aliphatic carbocycles. The Kier molecular flexibility index (Phi) is 5.60. The Labute approximate surface area is 159 Å². The normalized spacial score (nSPS) is 19.3. The number of nitrogens with zero attached hydrogens (tertiary/aromatic N) is 2. The van der Waals surface area contributed by atoms with Crippen LogP contribution in [0, 0.1) is 12.8 Å². The van der Waals surface area contributed by atoms with Crippen LogP contribution in [0.1, 0.15) is 41.3 Å². The Morgan fingerprint density at radius 3 is 2.74 bits per heavy atom. The number of rotatable bonds is 5. The van der Waals surface area contributed by atoms with E-state index in [1.54, 1.807) is 10.7 Å². The van der Waals surface area contributed by atoms with Crippen LogP contribution in [0.3, 0.4) is 0 Å². The summed E-state index contributed by atoms with van der Waals surface area (Å²) in [5, 5.41) is 13.4. The lowest BCUT2D eigenvalue weighted by atomic mass is 9.90. The second kappa shape index (κ2) is 7.92. The number of carbonyl (C=O) groups is 2. The highest BCUT2D eigenvalue weighted by molar-refractivity contribution is 5.99. The lowest BCUT2D eigenvalue weighted by molar-refractivity contribution is -0.119. The van der Waals surface area contributed by atoms with Crippen LogP contribution in [-0.2, 0) is 11.8 Å². The van der Waals surface area contributed by atoms with Crippen LogP contribution in [0.4, 0.5) is 5.69 Å². The minimum absolute atomic E-state index is 0.0482. The lowest BCUT2D eigenvalue weighted by Crippen LogP contribution is -2.31. The van der Waals surface area contributed by atoms with Gasteiger partial charge in [0.1, 0.15) is 0 Å². The maximum absolute atomic E-state index is 12.9. The number of benzene rings is 1. The van der Waals surface area contributed by atoms with Crippen LogP contribution in [-0.4, -0.2) is 40.7 Å². The van der Waals surface area contributed by atoms with Gasteiger partial charge in [-0.1, -0.05) is 6.07 Å². The fourth-order valence-corrected chi connectivity index (χ4v) is 3.46. The van der Waals surface area contributed by atoms with Gasteiger partial charge in [0.2, 0.25) is 5.91 Å². The van der Waals surface area contributed by atoms with Crippen molar-refractivity contribution >= 4 is 17.5 Å². The molecule has 3 N–H and O–H groups in total. The van der Waals surface area contributed by atoms with Gasteiger partial charge in [0.25, 0.3) is 5.91 Å². The van der Waals surface area contributed by atoms with E-state index in [2.05, 4.69) is 21.0 Å². The molecule has 2 heterocycles. The third-order valence-electron chi connectivity index (χ3n) is 4.87. The molecule has 144 valence electrons. The number of amides is 2. The number of nitrogens with one attached hydrogen (secondary N) is 3.